The van der Waals surface area contributed by atoms with Crippen molar-refractivity contribution >= 4 is 16.0 Å². The molecule has 0 fully saturated rings. The van der Waals surface area contributed by atoms with E-state index in [2.05, 4.69) is 24.9 Å². The molecule has 3 heterocycles. The van der Waals surface area contributed by atoms with E-state index >= 15 is 0 Å². The Hall–Kier alpha value is -4.00. The lowest BCUT2D eigenvalue weighted by Gasteiger charge is -2.18. The molecule has 0 aliphatic carbocycles. The van der Waals surface area contributed by atoms with Gasteiger partial charge in [0.05, 0.1) is 31.9 Å². The highest BCUT2D eigenvalue weighted by atomic mass is 32.2. The molecular formula is C24H31FN6O5S. The van der Waals surface area contributed by atoms with Gasteiger partial charge in [-0.25, -0.2) is 22.8 Å². The van der Waals surface area contributed by atoms with Crippen LogP contribution in [0.4, 0.5) is 10.3 Å². The molecular weight excluding hydrogens is 503 g/mol. The number of furan rings is 1. The average Bonchev–Trinajstić information content (AvgIpc) is 3.51. The van der Waals surface area contributed by atoms with Gasteiger partial charge in [-0.15, -0.1) is 10.2 Å². The minimum Gasteiger partial charge on any atom is -0.494 e. The number of hydrogen-bond acceptors (Lipinski definition) is 9. The maximum atomic E-state index is 13.2. The summed E-state index contributed by atoms with van der Waals surface area (Å²) < 4.78 is 60.2. The summed E-state index contributed by atoms with van der Waals surface area (Å²) in [6.45, 7) is 7.26. The Labute approximate surface area is 216 Å². The molecule has 0 radical (unpaired) electrons. The van der Waals surface area contributed by atoms with E-state index < -0.39 is 21.1 Å². The fourth-order valence-electron chi connectivity index (χ4n) is 3.37. The Morgan fingerprint density at radius 1 is 1.08 bits per heavy atom. The van der Waals surface area contributed by atoms with Crippen molar-refractivity contribution in [3.63, 3.8) is 0 Å². The number of methoxy groups -OCH3 is 2. The molecule has 0 aliphatic rings. The third-order valence-electron chi connectivity index (χ3n) is 5.16. The minimum atomic E-state index is -4.01. The number of sulfonamides is 1. The summed E-state index contributed by atoms with van der Waals surface area (Å²) in [4.78, 5) is 7.68. The van der Waals surface area contributed by atoms with Crippen molar-refractivity contribution in [2.24, 2.45) is 0 Å². The van der Waals surface area contributed by atoms with Gasteiger partial charge in [0.15, 0.2) is 11.6 Å². The van der Waals surface area contributed by atoms with Gasteiger partial charge in [0.2, 0.25) is 21.8 Å². The van der Waals surface area contributed by atoms with E-state index in [0.29, 0.717) is 28.7 Å². The van der Waals surface area contributed by atoms with Crippen LogP contribution in [0.2, 0.25) is 0 Å². The smallest absolute Gasteiger partial charge is 0.243 e. The van der Waals surface area contributed by atoms with Crippen molar-refractivity contribution in [1.82, 2.24) is 24.7 Å². The molecule has 13 heteroatoms. The molecule has 0 aliphatic heterocycles. The molecule has 0 saturated heterocycles. The molecule has 1 N–H and O–H groups in total. The SMILES string of the molecule is CC.COc1cccc(OC)c1-n1c(NS(=O)(=O)[C@@H](C)Cc2ncc(F)cn2)nnc1-c1ccc(C)o1.[HH]. The number of anilines is 1. The number of benzene rings is 1. The van der Waals surface area contributed by atoms with Crippen LogP contribution in [-0.4, -0.2) is 52.6 Å². The molecule has 3 aromatic heterocycles. The first-order valence-electron chi connectivity index (χ1n) is 11.4. The zero-order chi connectivity index (χ0) is 27.2. The lowest BCUT2D eigenvalue weighted by molar-refractivity contribution is 0.391. The van der Waals surface area contributed by atoms with E-state index in [-0.39, 0.29) is 25.4 Å². The van der Waals surface area contributed by atoms with Crippen LogP contribution in [0.3, 0.4) is 0 Å². The van der Waals surface area contributed by atoms with Crippen LogP contribution in [0, 0.1) is 12.7 Å². The first-order chi connectivity index (χ1) is 17.7. The second-order valence-electron chi connectivity index (χ2n) is 7.58. The summed E-state index contributed by atoms with van der Waals surface area (Å²) in [6.07, 6.45) is 1.92. The Morgan fingerprint density at radius 3 is 2.24 bits per heavy atom. The Balaban J connectivity index is 0.00000165. The Bertz CT molecular complexity index is 1420. The van der Waals surface area contributed by atoms with E-state index in [1.54, 1.807) is 37.3 Å². The van der Waals surface area contributed by atoms with Crippen LogP contribution < -0.4 is 14.2 Å². The highest BCUT2D eigenvalue weighted by Gasteiger charge is 2.29. The molecule has 0 bridgehead atoms. The third kappa shape index (κ3) is 6.05. The molecule has 0 unspecified atom stereocenters. The van der Waals surface area contributed by atoms with Gasteiger partial charge in [0.1, 0.15) is 28.8 Å². The largest absolute Gasteiger partial charge is 0.494 e. The van der Waals surface area contributed by atoms with Crippen molar-refractivity contribution in [2.75, 3.05) is 18.9 Å². The van der Waals surface area contributed by atoms with E-state index in [1.807, 2.05) is 13.8 Å². The first kappa shape index (κ1) is 27.6. The molecule has 1 atom stereocenters. The lowest BCUT2D eigenvalue weighted by atomic mass is 10.2. The number of rotatable bonds is 9. The van der Waals surface area contributed by atoms with Crippen molar-refractivity contribution < 1.29 is 28.1 Å². The van der Waals surface area contributed by atoms with E-state index in [1.165, 1.54) is 25.7 Å². The van der Waals surface area contributed by atoms with E-state index in [4.69, 9.17) is 13.9 Å². The summed E-state index contributed by atoms with van der Waals surface area (Å²) in [5.74, 6) is 1.48. The number of para-hydroxylation sites is 1. The third-order valence-corrected chi connectivity index (χ3v) is 6.85. The normalized spacial score (nSPS) is 11.9. The highest BCUT2D eigenvalue weighted by molar-refractivity contribution is 7.93. The van der Waals surface area contributed by atoms with Crippen molar-refractivity contribution in [3.8, 4) is 28.8 Å². The molecule has 0 spiro atoms. The summed E-state index contributed by atoms with van der Waals surface area (Å²) in [5, 5.41) is 7.29. The van der Waals surface area contributed by atoms with Gasteiger partial charge in [0.25, 0.3) is 0 Å². The number of nitrogens with zero attached hydrogens (tertiary/aromatic N) is 5. The summed E-state index contributed by atoms with van der Waals surface area (Å²) in [7, 11) is -1.05. The topological polar surface area (TPSA) is 134 Å². The molecule has 4 aromatic rings. The standard InChI is InChI=1S/C22H23FN6O5S.C2H6.H2/c1-13-8-9-18(34-13)21-26-27-22(29(21)20-16(32-3)6-5-7-17(20)33-4)28-35(30,31)14(2)10-19-24-11-15(23)12-25-19;1-2;/h5-9,11-12,14H,10H2,1-4H3,(H,27,28);1-2H3;1H/t14-;;/m0../s1. The highest BCUT2D eigenvalue weighted by Crippen LogP contribution is 2.38. The van der Waals surface area contributed by atoms with Gasteiger partial charge in [-0.3, -0.25) is 9.29 Å². The number of nitrogens with one attached hydrogen (secondary N) is 1. The quantitative estimate of drug-likeness (QED) is 0.331. The summed E-state index contributed by atoms with van der Waals surface area (Å²) in [5.41, 5.74) is 0.374. The Kier molecular flexibility index (Phi) is 8.81. The zero-order valence-corrected chi connectivity index (χ0v) is 22.2. The molecule has 0 saturated carbocycles. The van der Waals surface area contributed by atoms with Crippen LogP contribution >= 0.6 is 0 Å². The monoisotopic (exact) mass is 534 g/mol. The summed E-state index contributed by atoms with van der Waals surface area (Å²) >= 11 is 0. The maximum absolute atomic E-state index is 13.2. The number of halogens is 1. The second kappa shape index (κ2) is 11.8. The minimum absolute atomic E-state index is 0. The van der Waals surface area contributed by atoms with Gasteiger partial charge in [0, 0.05) is 7.85 Å². The average molecular weight is 535 g/mol. The number of aryl methyl sites for hydroxylation is 1. The summed E-state index contributed by atoms with van der Waals surface area (Å²) in [6, 6.07) is 8.58. The van der Waals surface area contributed by atoms with Crippen LogP contribution in [0.15, 0.2) is 47.1 Å². The van der Waals surface area contributed by atoms with Crippen LogP contribution in [0.1, 0.15) is 33.8 Å². The van der Waals surface area contributed by atoms with Crippen LogP contribution in [-0.2, 0) is 16.4 Å². The predicted octanol–water partition coefficient (Wildman–Crippen LogP) is 4.43. The maximum Gasteiger partial charge on any atom is 0.243 e. The number of aromatic nitrogens is 5. The van der Waals surface area contributed by atoms with Gasteiger partial charge in [-0.05, 0) is 38.1 Å². The zero-order valence-electron chi connectivity index (χ0n) is 21.4. The van der Waals surface area contributed by atoms with Crippen LogP contribution in [0.5, 0.6) is 11.5 Å². The predicted molar refractivity (Wildman–Crippen MR) is 138 cm³/mol. The van der Waals surface area contributed by atoms with Gasteiger partial charge >= 0.3 is 0 Å². The van der Waals surface area contributed by atoms with Gasteiger partial charge < -0.3 is 13.9 Å². The van der Waals surface area contributed by atoms with Crippen molar-refractivity contribution in [1.29, 1.82) is 0 Å². The van der Waals surface area contributed by atoms with Gasteiger partial charge in [-0.2, -0.15) is 0 Å². The van der Waals surface area contributed by atoms with Crippen molar-refractivity contribution in [2.45, 2.75) is 39.4 Å². The molecule has 37 heavy (non-hydrogen) atoms. The van der Waals surface area contributed by atoms with Crippen molar-refractivity contribution in [3.05, 3.63) is 60.1 Å². The number of hydrogen-bond donors (Lipinski definition) is 1. The second-order valence-corrected chi connectivity index (χ2v) is 9.68. The molecule has 0 amide bonds. The van der Waals surface area contributed by atoms with E-state index in [0.717, 1.165) is 12.4 Å². The fourth-order valence-corrected chi connectivity index (χ4v) is 4.32. The molecule has 4 rings (SSSR count). The Morgan fingerprint density at radius 2 is 1.70 bits per heavy atom. The van der Waals surface area contributed by atoms with Crippen LogP contribution in [0.25, 0.3) is 17.3 Å². The molecule has 200 valence electrons. The van der Waals surface area contributed by atoms with E-state index in [9.17, 15) is 12.8 Å². The fraction of sp³-hybridized carbons (Fsp3) is 0.333. The lowest BCUT2D eigenvalue weighted by Crippen LogP contribution is -2.29. The molecule has 11 nitrogen and oxygen atoms in total. The first-order valence-corrected chi connectivity index (χ1v) is 13.0. The number of ether oxygens (including phenoxy) is 2. The van der Waals surface area contributed by atoms with Gasteiger partial charge in [-0.1, -0.05) is 19.9 Å². The molecule has 1 aromatic carbocycles.